The van der Waals surface area contributed by atoms with Gasteiger partial charge in [-0.15, -0.1) is 0 Å². The van der Waals surface area contributed by atoms with Crippen LogP contribution in [0.25, 0.3) is 0 Å². The van der Waals surface area contributed by atoms with E-state index in [1.54, 1.807) is 23.1 Å². The summed E-state index contributed by atoms with van der Waals surface area (Å²) in [6.07, 6.45) is 0. The number of carbonyl (C=O) groups is 1. The molecule has 1 heterocycles. The Kier molecular flexibility index (Phi) is 3.99. The zero-order chi connectivity index (χ0) is 14.9. The Labute approximate surface area is 122 Å². The van der Waals surface area contributed by atoms with Gasteiger partial charge in [0.25, 0.3) is 5.91 Å². The molecular weight excluding hydrogens is 281 g/mol. The van der Waals surface area contributed by atoms with Crippen LogP contribution >= 0.6 is 11.6 Å². The normalized spacial score (nSPS) is 16.0. The van der Waals surface area contributed by atoms with E-state index in [0.717, 1.165) is 0 Å². The van der Waals surface area contributed by atoms with Crippen LogP contribution < -0.4 is 5.73 Å². The molecule has 6 heteroatoms. The number of hydrogen-bond donors (Lipinski definition) is 1. The highest BCUT2D eigenvalue weighted by Gasteiger charge is 2.27. The highest BCUT2D eigenvalue weighted by molar-refractivity contribution is 6.34. The number of nitrogens with zero attached hydrogens (tertiary/aromatic N) is 2. The smallest absolute Gasteiger partial charge is 0.255 e. The predicted octanol–water partition coefficient (Wildman–Crippen LogP) is 2.36. The van der Waals surface area contributed by atoms with Crippen LogP contribution in [0.5, 0.6) is 0 Å². The van der Waals surface area contributed by atoms with Crippen LogP contribution in [0.2, 0.25) is 5.02 Å². The van der Waals surface area contributed by atoms with Crippen molar-refractivity contribution in [1.29, 1.82) is 0 Å². The maximum absolute atomic E-state index is 14.1. The second kappa shape index (κ2) is 5.40. The molecule has 2 rings (SSSR count). The Morgan fingerprint density at radius 2 is 2.20 bits per heavy atom. The van der Waals surface area contributed by atoms with Gasteiger partial charge in [0.05, 0.1) is 23.7 Å². The average Bonchev–Trinajstić information content (AvgIpc) is 2.37. The number of alkyl halides is 1. The molecule has 0 atom stereocenters. The largest absolute Gasteiger partial charge is 0.386 e. The summed E-state index contributed by atoms with van der Waals surface area (Å²) in [5.41, 5.74) is 4.64. The molecule has 0 radical (unpaired) electrons. The molecule has 0 aliphatic carbocycles. The number of aliphatic imine (C=N–C) groups is 1. The predicted molar refractivity (Wildman–Crippen MR) is 78.0 cm³/mol. The number of halogens is 2. The zero-order valence-corrected chi connectivity index (χ0v) is 12.2. The van der Waals surface area contributed by atoms with Gasteiger partial charge in [0.15, 0.2) is 0 Å². The van der Waals surface area contributed by atoms with Crippen LogP contribution in [0.4, 0.5) is 4.39 Å². The summed E-state index contributed by atoms with van der Waals surface area (Å²) in [4.78, 5) is 18.1. The third kappa shape index (κ3) is 2.93. The Morgan fingerprint density at radius 3 is 2.80 bits per heavy atom. The molecule has 1 amide bonds. The lowest BCUT2D eigenvalue weighted by atomic mass is 9.97. The topological polar surface area (TPSA) is 58.7 Å². The summed E-state index contributed by atoms with van der Waals surface area (Å²) in [6, 6.07) is 4.82. The monoisotopic (exact) mass is 297 g/mol. The van der Waals surface area contributed by atoms with Crippen LogP contribution in [0.3, 0.4) is 0 Å². The van der Waals surface area contributed by atoms with Crippen molar-refractivity contribution in [3.63, 3.8) is 0 Å². The lowest BCUT2D eigenvalue weighted by Gasteiger charge is -2.26. The molecule has 1 aromatic rings. The molecule has 0 bridgehead atoms. The van der Waals surface area contributed by atoms with Gasteiger partial charge in [0, 0.05) is 12.1 Å². The van der Waals surface area contributed by atoms with Gasteiger partial charge in [-0.1, -0.05) is 23.7 Å². The van der Waals surface area contributed by atoms with Crippen LogP contribution in [-0.2, 0) is 5.67 Å². The molecule has 1 aliphatic heterocycles. The first kappa shape index (κ1) is 14.8. The van der Waals surface area contributed by atoms with E-state index in [1.807, 2.05) is 0 Å². The number of carbonyl (C=O) groups excluding carboxylic acids is 1. The van der Waals surface area contributed by atoms with E-state index in [2.05, 4.69) is 4.99 Å². The van der Waals surface area contributed by atoms with Crippen LogP contribution in [0.15, 0.2) is 23.2 Å². The van der Waals surface area contributed by atoms with Gasteiger partial charge in [0.1, 0.15) is 11.5 Å². The second-order valence-corrected chi connectivity index (χ2v) is 5.62. The maximum atomic E-state index is 14.1. The molecule has 0 spiro atoms. The standard InChI is InChI=1S/C14H17ClFN3O/c1-14(2,16)10-5-3-4-9(12(10)15)13(20)19-7-6-18-11(17)8-19/h3-5H,6-8H2,1-2H3,(H2,17,18). The van der Waals surface area contributed by atoms with E-state index in [1.165, 1.54) is 13.8 Å². The fourth-order valence-corrected chi connectivity index (χ4v) is 2.57. The molecule has 0 unspecified atom stereocenters. The summed E-state index contributed by atoms with van der Waals surface area (Å²) in [6.45, 7) is 4.06. The molecule has 20 heavy (non-hydrogen) atoms. The SMILES string of the molecule is CC(C)(F)c1cccc(C(=O)N2CCN=C(N)C2)c1Cl. The second-order valence-electron chi connectivity index (χ2n) is 5.24. The molecule has 1 aliphatic rings. The highest BCUT2D eigenvalue weighted by Crippen LogP contribution is 2.33. The summed E-state index contributed by atoms with van der Waals surface area (Å²) in [5, 5.41) is 0.158. The minimum Gasteiger partial charge on any atom is -0.386 e. The minimum atomic E-state index is -1.60. The minimum absolute atomic E-state index is 0.158. The highest BCUT2D eigenvalue weighted by atomic mass is 35.5. The third-order valence-electron chi connectivity index (χ3n) is 3.19. The van der Waals surface area contributed by atoms with Crippen LogP contribution in [-0.4, -0.2) is 36.3 Å². The third-order valence-corrected chi connectivity index (χ3v) is 3.60. The molecule has 0 saturated heterocycles. The molecule has 4 nitrogen and oxygen atoms in total. The van der Waals surface area contributed by atoms with Crippen molar-refractivity contribution in [2.24, 2.45) is 10.7 Å². The quantitative estimate of drug-likeness (QED) is 0.911. The van der Waals surface area contributed by atoms with Gasteiger partial charge >= 0.3 is 0 Å². The van der Waals surface area contributed by atoms with Gasteiger partial charge in [-0.25, -0.2) is 4.39 Å². The van der Waals surface area contributed by atoms with Crippen molar-refractivity contribution in [2.75, 3.05) is 19.6 Å². The van der Waals surface area contributed by atoms with Gasteiger partial charge in [-0.2, -0.15) is 0 Å². The molecule has 0 fully saturated rings. The summed E-state index contributed by atoms with van der Waals surface area (Å²) >= 11 is 6.19. The molecular formula is C14H17ClFN3O. The van der Waals surface area contributed by atoms with Gasteiger partial charge in [-0.05, 0) is 19.9 Å². The van der Waals surface area contributed by atoms with E-state index in [9.17, 15) is 9.18 Å². The van der Waals surface area contributed by atoms with E-state index in [0.29, 0.717) is 30.1 Å². The Balaban J connectivity index is 2.34. The average molecular weight is 298 g/mol. The number of amidine groups is 1. The van der Waals surface area contributed by atoms with Crippen molar-refractivity contribution < 1.29 is 9.18 Å². The van der Waals surface area contributed by atoms with Crippen LogP contribution in [0.1, 0.15) is 29.8 Å². The Bertz CT molecular complexity index is 566. The van der Waals surface area contributed by atoms with Crippen molar-refractivity contribution >= 4 is 23.3 Å². The zero-order valence-electron chi connectivity index (χ0n) is 11.5. The molecule has 1 aromatic carbocycles. The molecule has 2 N–H and O–H groups in total. The Morgan fingerprint density at radius 1 is 1.50 bits per heavy atom. The van der Waals surface area contributed by atoms with Crippen molar-refractivity contribution in [1.82, 2.24) is 4.90 Å². The van der Waals surface area contributed by atoms with Crippen molar-refractivity contribution in [2.45, 2.75) is 19.5 Å². The molecule has 108 valence electrons. The first-order valence-corrected chi connectivity index (χ1v) is 6.74. The maximum Gasteiger partial charge on any atom is 0.255 e. The van der Waals surface area contributed by atoms with Gasteiger partial charge < -0.3 is 10.6 Å². The van der Waals surface area contributed by atoms with Gasteiger partial charge in [0.2, 0.25) is 0 Å². The molecule has 0 saturated carbocycles. The number of rotatable bonds is 2. The fraction of sp³-hybridized carbons (Fsp3) is 0.429. The first-order valence-electron chi connectivity index (χ1n) is 6.36. The van der Waals surface area contributed by atoms with Crippen molar-refractivity contribution in [3.05, 3.63) is 34.3 Å². The fourth-order valence-electron chi connectivity index (χ4n) is 2.14. The Hall–Kier alpha value is -1.62. The lowest BCUT2D eigenvalue weighted by molar-refractivity contribution is 0.0778. The van der Waals surface area contributed by atoms with Crippen molar-refractivity contribution in [3.8, 4) is 0 Å². The van der Waals surface area contributed by atoms with E-state index >= 15 is 0 Å². The lowest BCUT2D eigenvalue weighted by Crippen LogP contribution is -2.43. The van der Waals surface area contributed by atoms with Gasteiger partial charge in [-0.3, -0.25) is 9.79 Å². The number of benzene rings is 1. The number of nitrogens with two attached hydrogens (primary N) is 1. The van der Waals surface area contributed by atoms with E-state index in [-0.39, 0.29) is 17.5 Å². The van der Waals surface area contributed by atoms with E-state index in [4.69, 9.17) is 17.3 Å². The summed E-state index contributed by atoms with van der Waals surface area (Å²) < 4.78 is 14.1. The molecule has 0 aromatic heterocycles. The number of amides is 1. The number of hydrogen-bond acceptors (Lipinski definition) is 3. The summed E-state index contributed by atoms with van der Waals surface area (Å²) in [5.74, 6) is 0.168. The van der Waals surface area contributed by atoms with E-state index < -0.39 is 5.67 Å². The first-order chi connectivity index (χ1) is 9.30. The van der Waals surface area contributed by atoms with Crippen LogP contribution in [0, 0.1) is 0 Å². The summed E-state index contributed by atoms with van der Waals surface area (Å²) in [7, 11) is 0.